The Labute approximate surface area is 182 Å². The predicted octanol–water partition coefficient (Wildman–Crippen LogP) is 4.17. The maximum Gasteiger partial charge on any atom is 0.516 e. The normalized spacial score (nSPS) is 11.9. The molecule has 10 nitrogen and oxygen atoms in total. The Morgan fingerprint density at radius 3 is 2.31 bits per heavy atom. The highest BCUT2D eigenvalue weighted by Gasteiger charge is 2.46. The van der Waals surface area contributed by atoms with Gasteiger partial charge >= 0.3 is 15.5 Å². The second-order valence-corrected chi connectivity index (χ2v) is 7.88. The molecule has 0 aliphatic rings. The average molecular weight is 468 g/mol. The third kappa shape index (κ3) is 4.97. The molecule has 1 aromatic heterocycles. The summed E-state index contributed by atoms with van der Waals surface area (Å²) in [4.78, 5) is 5.69. The third-order valence-electron chi connectivity index (χ3n) is 4.38. The van der Waals surface area contributed by atoms with Crippen molar-refractivity contribution in [3.63, 3.8) is 0 Å². The fraction of sp³-hybridized carbons (Fsp3) is 0.389. The Morgan fingerprint density at radius 2 is 1.81 bits per heavy atom. The summed E-state index contributed by atoms with van der Waals surface area (Å²) in [5.74, 6) is -0.127. The van der Waals surface area contributed by atoms with Crippen molar-refractivity contribution >= 4 is 33.0 Å². The number of hydrogen-bond acceptors (Lipinski definition) is 8. The van der Waals surface area contributed by atoms with Crippen LogP contribution < -0.4 is 9.62 Å². The SMILES string of the molecule is CCN(CC)c1ccc(/N=N/c2nc(C#N)c(C#N)n2CC)c(NS(=O)(=O)C(F)(F)F)c1. The molecule has 0 radical (unpaired) electrons. The highest BCUT2D eigenvalue weighted by atomic mass is 32.2. The lowest BCUT2D eigenvalue weighted by atomic mass is 10.2. The van der Waals surface area contributed by atoms with E-state index in [9.17, 15) is 26.9 Å². The number of imidazole rings is 1. The lowest BCUT2D eigenvalue weighted by Gasteiger charge is -2.22. The zero-order valence-electron chi connectivity index (χ0n) is 17.3. The van der Waals surface area contributed by atoms with Gasteiger partial charge in [0.1, 0.15) is 17.8 Å². The molecule has 1 N–H and O–H groups in total. The van der Waals surface area contributed by atoms with E-state index in [0.717, 1.165) is 0 Å². The Balaban J connectivity index is 2.60. The van der Waals surface area contributed by atoms with Crippen LogP contribution in [-0.4, -0.2) is 36.6 Å². The number of aromatic nitrogens is 2. The van der Waals surface area contributed by atoms with E-state index >= 15 is 0 Å². The number of hydrogen-bond donors (Lipinski definition) is 1. The molecule has 0 atom stereocenters. The fourth-order valence-corrected chi connectivity index (χ4v) is 3.36. The predicted molar refractivity (Wildman–Crippen MR) is 110 cm³/mol. The van der Waals surface area contributed by atoms with Gasteiger partial charge in [0, 0.05) is 25.3 Å². The van der Waals surface area contributed by atoms with Crippen LogP contribution in [0.2, 0.25) is 0 Å². The maximum atomic E-state index is 12.9. The van der Waals surface area contributed by atoms with Gasteiger partial charge in [0.25, 0.3) is 5.95 Å². The summed E-state index contributed by atoms with van der Waals surface area (Å²) in [5, 5.41) is 26.0. The minimum Gasteiger partial charge on any atom is -0.372 e. The van der Waals surface area contributed by atoms with Gasteiger partial charge < -0.3 is 4.90 Å². The van der Waals surface area contributed by atoms with E-state index in [1.165, 1.54) is 21.4 Å². The van der Waals surface area contributed by atoms with E-state index in [1.54, 1.807) is 24.0 Å². The summed E-state index contributed by atoms with van der Waals surface area (Å²) < 4.78 is 65.0. The van der Waals surface area contributed by atoms with Crippen molar-refractivity contribution in [2.24, 2.45) is 10.2 Å². The van der Waals surface area contributed by atoms with Crippen molar-refractivity contribution in [3.8, 4) is 12.1 Å². The summed E-state index contributed by atoms with van der Waals surface area (Å²) in [7, 11) is -5.71. The third-order valence-corrected chi connectivity index (χ3v) is 5.48. The van der Waals surface area contributed by atoms with Crippen molar-refractivity contribution in [3.05, 3.63) is 29.6 Å². The van der Waals surface area contributed by atoms with Gasteiger partial charge in [0.15, 0.2) is 11.4 Å². The molecule has 32 heavy (non-hydrogen) atoms. The number of rotatable bonds is 8. The van der Waals surface area contributed by atoms with Gasteiger partial charge in [-0.3, -0.25) is 9.29 Å². The molecule has 1 heterocycles. The summed E-state index contributed by atoms with van der Waals surface area (Å²) in [5.41, 5.74) is -5.93. The smallest absolute Gasteiger partial charge is 0.372 e. The second kappa shape index (κ2) is 9.65. The molecule has 14 heteroatoms. The minimum atomic E-state index is -5.71. The van der Waals surface area contributed by atoms with Crippen molar-refractivity contribution in [2.45, 2.75) is 32.8 Å². The molecule has 0 unspecified atom stereocenters. The maximum absolute atomic E-state index is 12.9. The topological polar surface area (TPSA) is 140 Å². The van der Waals surface area contributed by atoms with Gasteiger partial charge in [-0.2, -0.15) is 37.1 Å². The molecule has 2 rings (SSSR count). The van der Waals surface area contributed by atoms with Gasteiger partial charge in [-0.25, -0.2) is 0 Å². The van der Waals surface area contributed by atoms with Crippen LogP contribution in [0, 0.1) is 22.7 Å². The molecule has 0 amide bonds. The molecule has 1 aromatic carbocycles. The summed E-state index contributed by atoms with van der Waals surface area (Å²) >= 11 is 0. The molecule has 170 valence electrons. The van der Waals surface area contributed by atoms with E-state index in [1.807, 2.05) is 19.9 Å². The Morgan fingerprint density at radius 1 is 1.16 bits per heavy atom. The fourth-order valence-electron chi connectivity index (χ4n) is 2.79. The number of sulfonamides is 1. The first-order valence-electron chi connectivity index (χ1n) is 9.33. The van der Waals surface area contributed by atoms with Crippen LogP contribution in [0.1, 0.15) is 32.2 Å². The van der Waals surface area contributed by atoms with E-state index in [0.29, 0.717) is 18.8 Å². The van der Waals surface area contributed by atoms with E-state index in [2.05, 4.69) is 15.2 Å². The monoisotopic (exact) mass is 468 g/mol. The summed E-state index contributed by atoms with van der Waals surface area (Å²) in [6.45, 7) is 6.63. The van der Waals surface area contributed by atoms with Crippen LogP contribution in [0.4, 0.5) is 36.2 Å². The molecule has 0 saturated heterocycles. The number of alkyl halides is 3. The first-order chi connectivity index (χ1) is 15.0. The highest BCUT2D eigenvalue weighted by molar-refractivity contribution is 7.93. The molecular weight excluding hydrogens is 449 g/mol. The number of anilines is 2. The van der Waals surface area contributed by atoms with Gasteiger partial charge in [-0.05, 0) is 39.0 Å². The van der Waals surface area contributed by atoms with Gasteiger partial charge in [-0.15, -0.1) is 10.2 Å². The Bertz CT molecular complexity index is 1200. The molecule has 0 aliphatic heterocycles. The van der Waals surface area contributed by atoms with Crippen LogP contribution in [0.15, 0.2) is 28.4 Å². The minimum absolute atomic E-state index is 0.0428. The molecule has 2 aromatic rings. The van der Waals surface area contributed by atoms with Crippen LogP contribution in [0.3, 0.4) is 0 Å². The van der Waals surface area contributed by atoms with Crippen LogP contribution in [0.25, 0.3) is 0 Å². The van der Waals surface area contributed by atoms with E-state index in [-0.39, 0.29) is 29.6 Å². The molecule has 0 spiro atoms. The Kier molecular flexibility index (Phi) is 7.43. The van der Waals surface area contributed by atoms with Crippen LogP contribution in [0.5, 0.6) is 0 Å². The van der Waals surface area contributed by atoms with E-state index in [4.69, 9.17) is 5.26 Å². The average Bonchev–Trinajstić information content (AvgIpc) is 3.09. The number of nitrogens with zero attached hydrogens (tertiary/aromatic N) is 7. The van der Waals surface area contributed by atoms with Gasteiger partial charge in [0.05, 0.1) is 5.69 Å². The lowest BCUT2D eigenvalue weighted by Crippen LogP contribution is -2.30. The van der Waals surface area contributed by atoms with Gasteiger partial charge in [0.2, 0.25) is 0 Å². The van der Waals surface area contributed by atoms with E-state index < -0.39 is 21.2 Å². The van der Waals surface area contributed by atoms with Crippen LogP contribution in [-0.2, 0) is 16.6 Å². The largest absolute Gasteiger partial charge is 0.516 e. The first kappa shape index (κ1) is 24.6. The zero-order valence-corrected chi connectivity index (χ0v) is 18.2. The first-order valence-corrected chi connectivity index (χ1v) is 10.8. The summed E-state index contributed by atoms with van der Waals surface area (Å²) in [6, 6.07) is 7.67. The summed E-state index contributed by atoms with van der Waals surface area (Å²) in [6.07, 6.45) is 0. The van der Waals surface area contributed by atoms with Crippen molar-refractivity contribution < 1.29 is 21.6 Å². The lowest BCUT2D eigenvalue weighted by molar-refractivity contribution is -0.0429. The number of halogens is 3. The molecule has 0 aliphatic carbocycles. The molecular formula is C18H19F3N8O2S. The van der Waals surface area contributed by atoms with Gasteiger partial charge in [-0.1, -0.05) is 0 Å². The number of azo groups is 1. The highest BCUT2D eigenvalue weighted by Crippen LogP contribution is 2.35. The van der Waals surface area contributed by atoms with Crippen LogP contribution >= 0.6 is 0 Å². The van der Waals surface area contributed by atoms with Crippen molar-refractivity contribution in [1.29, 1.82) is 10.5 Å². The Hall–Kier alpha value is -3.65. The second-order valence-electron chi connectivity index (χ2n) is 6.20. The van der Waals surface area contributed by atoms with Crippen molar-refractivity contribution in [2.75, 3.05) is 22.7 Å². The van der Waals surface area contributed by atoms with Crippen molar-refractivity contribution in [1.82, 2.24) is 9.55 Å². The molecule has 0 bridgehead atoms. The molecule has 0 saturated carbocycles. The number of benzene rings is 1. The number of nitriles is 2. The quantitative estimate of drug-likeness (QED) is 0.577. The number of nitrogens with one attached hydrogen (secondary N) is 1. The molecule has 0 fully saturated rings. The zero-order chi connectivity index (χ0) is 24.1. The standard InChI is InChI=1S/C18H19F3N8O2S/c1-4-28(5-2)12-7-8-13(14(9-12)27-32(30,31)18(19,20)21)25-26-17-24-15(10-22)16(11-23)29(17)6-3/h7-9,27H,4-6H2,1-3H3/b26-25+.